The molecule has 3 aromatic rings. The van der Waals surface area contributed by atoms with Gasteiger partial charge >= 0.3 is 6.01 Å². The summed E-state index contributed by atoms with van der Waals surface area (Å²) < 4.78 is 19.9. The van der Waals surface area contributed by atoms with Crippen molar-refractivity contribution in [3.63, 3.8) is 0 Å². The summed E-state index contributed by atoms with van der Waals surface area (Å²) in [5, 5.41) is 19.2. The number of hydrogen-bond donors (Lipinski definition) is 2. The number of thiocarbonyl (C=S) groups is 1. The number of tetrazole rings is 1. The van der Waals surface area contributed by atoms with Crippen LogP contribution >= 0.6 is 12.2 Å². The molecule has 184 valence electrons. The molecule has 35 heavy (non-hydrogen) atoms. The Morgan fingerprint density at radius 1 is 1.09 bits per heavy atom. The van der Waals surface area contributed by atoms with Crippen LogP contribution in [0.5, 0.6) is 11.8 Å². The molecule has 0 unspecified atom stereocenters. The summed E-state index contributed by atoms with van der Waals surface area (Å²) in [5.74, 6) is 0.650. The molecule has 10 nitrogen and oxygen atoms in total. The lowest BCUT2D eigenvalue weighted by atomic mass is 10.1. The third kappa shape index (κ3) is 5.07. The molecular weight excluding hydrogens is 466 g/mol. The van der Waals surface area contributed by atoms with E-state index in [4.69, 9.17) is 26.4 Å². The van der Waals surface area contributed by atoms with Crippen molar-refractivity contribution in [1.82, 2.24) is 25.5 Å². The van der Waals surface area contributed by atoms with Gasteiger partial charge in [0, 0.05) is 31.5 Å². The number of rotatable bonds is 6. The number of aromatic nitrogens is 4. The molecule has 1 aromatic heterocycles. The molecule has 2 saturated heterocycles. The summed E-state index contributed by atoms with van der Waals surface area (Å²) in [6, 6.07) is 14.0. The summed E-state index contributed by atoms with van der Waals surface area (Å²) in [6.07, 6.45) is -0.413. The van der Waals surface area contributed by atoms with Gasteiger partial charge in [0.05, 0.1) is 19.3 Å². The van der Waals surface area contributed by atoms with Crippen LogP contribution in [0, 0.1) is 13.8 Å². The molecule has 0 amide bonds. The molecule has 2 N–H and O–H groups in total. The molecule has 4 atom stereocenters. The van der Waals surface area contributed by atoms with Crippen LogP contribution in [0.2, 0.25) is 0 Å². The predicted molar refractivity (Wildman–Crippen MR) is 136 cm³/mol. The van der Waals surface area contributed by atoms with Gasteiger partial charge in [-0.1, -0.05) is 17.2 Å². The van der Waals surface area contributed by atoms with Crippen LogP contribution in [-0.4, -0.2) is 70.9 Å². The van der Waals surface area contributed by atoms with Crippen molar-refractivity contribution in [3.8, 4) is 11.8 Å². The van der Waals surface area contributed by atoms with E-state index in [1.165, 1.54) is 11.1 Å². The van der Waals surface area contributed by atoms with E-state index >= 15 is 0 Å². The molecule has 0 radical (unpaired) electrons. The van der Waals surface area contributed by atoms with Gasteiger partial charge in [-0.2, -0.15) is 4.68 Å². The molecule has 2 fully saturated rings. The van der Waals surface area contributed by atoms with E-state index < -0.39 is 0 Å². The molecule has 0 bridgehead atoms. The van der Waals surface area contributed by atoms with E-state index in [0.29, 0.717) is 30.1 Å². The van der Waals surface area contributed by atoms with E-state index in [0.717, 1.165) is 11.4 Å². The van der Waals surface area contributed by atoms with Crippen molar-refractivity contribution in [2.45, 2.75) is 38.1 Å². The average molecular weight is 496 g/mol. The Labute approximate surface area is 209 Å². The zero-order valence-electron chi connectivity index (χ0n) is 20.1. The number of anilines is 2. The molecular formula is C24H29N7O3S. The van der Waals surface area contributed by atoms with Crippen LogP contribution < -0.4 is 20.3 Å². The highest BCUT2D eigenvalue weighted by Gasteiger charge is 2.50. The zero-order chi connectivity index (χ0) is 24.5. The third-order valence-corrected chi connectivity index (χ3v) is 6.36. The van der Waals surface area contributed by atoms with E-state index in [2.05, 4.69) is 58.2 Å². The zero-order valence-corrected chi connectivity index (χ0v) is 21.0. The Balaban J connectivity index is 1.24. The van der Waals surface area contributed by atoms with Gasteiger partial charge in [-0.25, -0.2) is 0 Å². The Hall–Kier alpha value is -3.28. The maximum Gasteiger partial charge on any atom is 0.341 e. The van der Waals surface area contributed by atoms with E-state index in [1.807, 2.05) is 43.3 Å². The number of ether oxygens (including phenoxy) is 3. The minimum Gasteiger partial charge on any atom is -0.423 e. The fraction of sp³-hybridized carbons (Fsp3) is 0.417. The van der Waals surface area contributed by atoms with Crippen LogP contribution in [0.4, 0.5) is 11.4 Å². The largest absolute Gasteiger partial charge is 0.423 e. The van der Waals surface area contributed by atoms with Crippen molar-refractivity contribution in [2.75, 3.05) is 37.5 Å². The van der Waals surface area contributed by atoms with Gasteiger partial charge in [0.1, 0.15) is 24.0 Å². The van der Waals surface area contributed by atoms with Gasteiger partial charge in [-0.05, 0) is 71.9 Å². The van der Waals surface area contributed by atoms with E-state index in [9.17, 15) is 0 Å². The Bertz CT molecular complexity index is 1200. The SMILES string of the molecule is Cc1cc(C)cc(NC(=S)N[C@@H]2CO[C@@H]3[C@@H]2OC[C@@H]3n2nnnc2Oc2cccc(N(C)C)c2)c1. The lowest BCUT2D eigenvalue weighted by Gasteiger charge is -2.20. The summed E-state index contributed by atoms with van der Waals surface area (Å²) >= 11 is 5.56. The van der Waals surface area contributed by atoms with Crippen molar-refractivity contribution >= 4 is 28.7 Å². The van der Waals surface area contributed by atoms with Crippen molar-refractivity contribution in [2.24, 2.45) is 0 Å². The standard InChI is InChI=1S/C24H29N7O3S/c1-14-8-15(2)10-16(9-14)25-23(35)26-19-12-32-22-20(13-33-21(19)22)31-24(27-28-29-31)34-18-7-5-6-17(11-18)30(3)4/h5-11,19-22H,12-13H2,1-4H3,(H2,25,26,35)/t19-,20+,21-,22+/m1/s1. The lowest BCUT2D eigenvalue weighted by Crippen LogP contribution is -2.45. The Kier molecular flexibility index (Phi) is 6.54. The molecule has 2 aliphatic heterocycles. The second-order valence-corrected chi connectivity index (χ2v) is 9.55. The quantitative estimate of drug-likeness (QED) is 0.497. The Morgan fingerprint density at radius 3 is 2.63 bits per heavy atom. The summed E-state index contributed by atoms with van der Waals surface area (Å²) in [7, 11) is 3.95. The molecule has 0 saturated carbocycles. The Morgan fingerprint density at radius 2 is 1.86 bits per heavy atom. The van der Waals surface area contributed by atoms with Gasteiger partial charge in [0.25, 0.3) is 0 Å². The normalized spacial score (nSPS) is 23.1. The number of nitrogens with one attached hydrogen (secondary N) is 2. The highest BCUT2D eigenvalue weighted by atomic mass is 32.1. The number of nitrogens with zero attached hydrogens (tertiary/aromatic N) is 5. The molecule has 5 rings (SSSR count). The molecule has 0 spiro atoms. The molecule has 3 heterocycles. The van der Waals surface area contributed by atoms with Crippen LogP contribution in [0.3, 0.4) is 0 Å². The van der Waals surface area contributed by atoms with Crippen molar-refractivity contribution < 1.29 is 14.2 Å². The summed E-state index contributed by atoms with van der Waals surface area (Å²) in [4.78, 5) is 2.00. The molecule has 0 aliphatic carbocycles. The van der Waals surface area contributed by atoms with Crippen molar-refractivity contribution in [3.05, 3.63) is 53.6 Å². The predicted octanol–water partition coefficient (Wildman–Crippen LogP) is 2.84. The average Bonchev–Trinajstić information content (AvgIpc) is 3.51. The number of hydrogen-bond acceptors (Lipinski definition) is 8. The smallest absolute Gasteiger partial charge is 0.341 e. The second-order valence-electron chi connectivity index (χ2n) is 9.14. The van der Waals surface area contributed by atoms with Crippen LogP contribution in [-0.2, 0) is 9.47 Å². The topological polar surface area (TPSA) is 98.6 Å². The van der Waals surface area contributed by atoms with E-state index in [1.54, 1.807) is 4.68 Å². The first kappa shape index (κ1) is 23.5. The fourth-order valence-corrected chi connectivity index (χ4v) is 4.86. The highest BCUT2D eigenvalue weighted by molar-refractivity contribution is 7.80. The maximum absolute atomic E-state index is 6.12. The number of benzene rings is 2. The summed E-state index contributed by atoms with van der Waals surface area (Å²) in [5.41, 5.74) is 4.32. The first-order chi connectivity index (χ1) is 16.9. The van der Waals surface area contributed by atoms with Crippen LogP contribution in [0.1, 0.15) is 17.2 Å². The van der Waals surface area contributed by atoms with Crippen LogP contribution in [0.15, 0.2) is 42.5 Å². The number of aryl methyl sites for hydroxylation is 2. The van der Waals surface area contributed by atoms with Gasteiger partial charge in [0.2, 0.25) is 0 Å². The van der Waals surface area contributed by atoms with Gasteiger partial charge in [-0.3, -0.25) is 0 Å². The molecule has 2 aliphatic rings. The monoisotopic (exact) mass is 495 g/mol. The maximum atomic E-state index is 6.12. The van der Waals surface area contributed by atoms with Gasteiger partial charge in [0.15, 0.2) is 5.11 Å². The van der Waals surface area contributed by atoms with Gasteiger partial charge < -0.3 is 29.7 Å². The number of fused-ring (bicyclic) bond motifs is 1. The lowest BCUT2D eigenvalue weighted by molar-refractivity contribution is 0.0615. The minimum absolute atomic E-state index is 0.0893. The first-order valence-corrected chi connectivity index (χ1v) is 11.9. The summed E-state index contributed by atoms with van der Waals surface area (Å²) in [6.45, 7) is 4.99. The third-order valence-electron chi connectivity index (χ3n) is 6.14. The van der Waals surface area contributed by atoms with Gasteiger partial charge in [-0.15, -0.1) is 0 Å². The fourth-order valence-electron chi connectivity index (χ4n) is 4.59. The molecule has 2 aromatic carbocycles. The highest BCUT2D eigenvalue weighted by Crippen LogP contribution is 2.36. The van der Waals surface area contributed by atoms with Crippen molar-refractivity contribution in [1.29, 1.82) is 0 Å². The first-order valence-electron chi connectivity index (χ1n) is 11.5. The van der Waals surface area contributed by atoms with E-state index in [-0.39, 0.29) is 24.3 Å². The van der Waals surface area contributed by atoms with Crippen LogP contribution in [0.25, 0.3) is 0 Å². The minimum atomic E-state index is -0.226. The molecule has 11 heteroatoms. The second kappa shape index (κ2) is 9.76.